The minimum absolute atomic E-state index is 0. The fourth-order valence-electron chi connectivity index (χ4n) is 3.32. The van der Waals surface area contributed by atoms with Crippen molar-refractivity contribution in [2.75, 3.05) is 13.1 Å². The van der Waals surface area contributed by atoms with Crippen LogP contribution < -0.4 is 10.6 Å². The first-order valence-corrected chi connectivity index (χ1v) is 9.61. The van der Waals surface area contributed by atoms with E-state index in [1.807, 2.05) is 30.9 Å². The van der Waals surface area contributed by atoms with Gasteiger partial charge in [0.2, 0.25) is 0 Å². The molecule has 27 heavy (non-hydrogen) atoms. The van der Waals surface area contributed by atoms with Gasteiger partial charge in [-0.2, -0.15) is 5.10 Å². The van der Waals surface area contributed by atoms with Gasteiger partial charge in [-0.15, -0.1) is 24.0 Å². The summed E-state index contributed by atoms with van der Waals surface area (Å²) in [4.78, 5) is 13.6. The zero-order chi connectivity index (χ0) is 18.4. The quantitative estimate of drug-likeness (QED) is 0.272. The molecule has 2 aromatic heterocycles. The molecule has 0 saturated heterocycles. The average molecular weight is 486 g/mol. The second-order valence-corrected chi connectivity index (χ2v) is 6.72. The molecule has 0 spiro atoms. The standard InChI is InChI=1S/C18H30N8.HI/c1-4-19-18(21-9-5-6-11-25-13-10-20-15(25)3)23-16-8-7-12-26-17(16)22-14(2)24-26;/h10,13,16H,4-9,11-12H2,1-3H3,(H2,19,21,23);1H. The summed E-state index contributed by atoms with van der Waals surface area (Å²) in [5.41, 5.74) is 0. The Morgan fingerprint density at radius 2 is 2.19 bits per heavy atom. The SMILES string of the molecule is CCNC(=NCCCCn1ccnc1C)NC1CCCn2nc(C)nc21.I. The summed E-state index contributed by atoms with van der Waals surface area (Å²) >= 11 is 0. The molecular weight excluding hydrogens is 455 g/mol. The molecule has 0 amide bonds. The van der Waals surface area contributed by atoms with E-state index >= 15 is 0 Å². The summed E-state index contributed by atoms with van der Waals surface area (Å²) < 4.78 is 4.21. The molecule has 0 bridgehead atoms. The van der Waals surface area contributed by atoms with Crippen LogP contribution in [0.2, 0.25) is 0 Å². The number of aryl methyl sites for hydroxylation is 4. The van der Waals surface area contributed by atoms with Crippen LogP contribution in [0.4, 0.5) is 0 Å². The van der Waals surface area contributed by atoms with Crippen LogP contribution in [0.3, 0.4) is 0 Å². The van der Waals surface area contributed by atoms with Gasteiger partial charge >= 0.3 is 0 Å². The number of imidazole rings is 1. The topological polar surface area (TPSA) is 85.0 Å². The molecule has 2 aromatic rings. The Morgan fingerprint density at radius 3 is 2.93 bits per heavy atom. The van der Waals surface area contributed by atoms with E-state index in [0.29, 0.717) is 0 Å². The van der Waals surface area contributed by atoms with Gasteiger partial charge in [-0.25, -0.2) is 14.6 Å². The van der Waals surface area contributed by atoms with Gasteiger partial charge < -0.3 is 15.2 Å². The molecule has 0 radical (unpaired) electrons. The summed E-state index contributed by atoms with van der Waals surface area (Å²) in [6, 6.07) is 0.177. The Labute approximate surface area is 178 Å². The van der Waals surface area contributed by atoms with Crippen LogP contribution in [0.15, 0.2) is 17.4 Å². The lowest BCUT2D eigenvalue weighted by molar-refractivity contribution is 0.397. The number of nitrogens with one attached hydrogen (secondary N) is 2. The lowest BCUT2D eigenvalue weighted by atomic mass is 10.1. The number of hydrogen-bond donors (Lipinski definition) is 2. The van der Waals surface area contributed by atoms with Crippen LogP contribution in [0.5, 0.6) is 0 Å². The van der Waals surface area contributed by atoms with Crippen LogP contribution in [-0.2, 0) is 13.1 Å². The number of aromatic nitrogens is 5. The van der Waals surface area contributed by atoms with Crippen molar-refractivity contribution in [3.63, 3.8) is 0 Å². The highest BCUT2D eigenvalue weighted by Crippen LogP contribution is 2.22. The fourth-order valence-corrected chi connectivity index (χ4v) is 3.32. The maximum Gasteiger partial charge on any atom is 0.191 e. The normalized spacial score (nSPS) is 16.6. The molecule has 8 nitrogen and oxygen atoms in total. The highest BCUT2D eigenvalue weighted by atomic mass is 127. The molecule has 1 aliphatic heterocycles. The molecule has 0 aromatic carbocycles. The zero-order valence-corrected chi connectivity index (χ0v) is 18.8. The average Bonchev–Trinajstić information content (AvgIpc) is 3.20. The molecule has 3 rings (SSSR count). The molecule has 0 saturated carbocycles. The van der Waals surface area contributed by atoms with Crippen molar-refractivity contribution in [1.82, 2.24) is 34.9 Å². The van der Waals surface area contributed by atoms with E-state index in [-0.39, 0.29) is 30.0 Å². The van der Waals surface area contributed by atoms with Gasteiger partial charge in [0, 0.05) is 38.6 Å². The van der Waals surface area contributed by atoms with Crippen LogP contribution in [0.25, 0.3) is 0 Å². The molecule has 9 heteroatoms. The van der Waals surface area contributed by atoms with Crippen LogP contribution in [0.1, 0.15) is 56.1 Å². The Bertz CT molecular complexity index is 736. The first-order chi connectivity index (χ1) is 12.7. The number of fused-ring (bicyclic) bond motifs is 1. The molecule has 3 heterocycles. The van der Waals surface area contributed by atoms with Gasteiger partial charge in [0.1, 0.15) is 17.5 Å². The highest BCUT2D eigenvalue weighted by Gasteiger charge is 2.24. The monoisotopic (exact) mass is 486 g/mol. The van der Waals surface area contributed by atoms with Gasteiger partial charge in [0.05, 0.1) is 6.04 Å². The fraction of sp³-hybridized carbons (Fsp3) is 0.667. The summed E-state index contributed by atoms with van der Waals surface area (Å²) in [5, 5.41) is 11.4. The van der Waals surface area contributed by atoms with Crippen molar-refractivity contribution >= 4 is 29.9 Å². The van der Waals surface area contributed by atoms with Crippen molar-refractivity contribution in [3.8, 4) is 0 Å². The lowest BCUT2D eigenvalue weighted by Crippen LogP contribution is -2.41. The lowest BCUT2D eigenvalue weighted by Gasteiger charge is -2.25. The molecule has 150 valence electrons. The minimum atomic E-state index is 0. The molecule has 1 atom stereocenters. The smallest absolute Gasteiger partial charge is 0.191 e. The van der Waals surface area contributed by atoms with Crippen LogP contribution in [0, 0.1) is 13.8 Å². The first-order valence-electron chi connectivity index (χ1n) is 9.61. The summed E-state index contributed by atoms with van der Waals surface area (Å²) in [5.74, 6) is 3.80. The highest BCUT2D eigenvalue weighted by molar-refractivity contribution is 14.0. The maximum absolute atomic E-state index is 4.74. The molecule has 2 N–H and O–H groups in total. The van der Waals surface area contributed by atoms with Crippen molar-refractivity contribution in [1.29, 1.82) is 0 Å². The van der Waals surface area contributed by atoms with E-state index in [2.05, 4.69) is 37.2 Å². The largest absolute Gasteiger partial charge is 0.357 e. The van der Waals surface area contributed by atoms with Crippen molar-refractivity contribution in [2.45, 2.75) is 65.6 Å². The maximum atomic E-state index is 4.74. The summed E-state index contributed by atoms with van der Waals surface area (Å²) in [6.07, 6.45) is 8.20. The van der Waals surface area contributed by atoms with E-state index in [1.54, 1.807) is 0 Å². The van der Waals surface area contributed by atoms with E-state index < -0.39 is 0 Å². The third-order valence-electron chi connectivity index (χ3n) is 4.64. The number of aliphatic imine (C=N–C) groups is 1. The van der Waals surface area contributed by atoms with E-state index in [9.17, 15) is 0 Å². The Balaban J connectivity index is 0.00000261. The molecule has 0 fully saturated rings. The second kappa shape index (κ2) is 10.6. The number of nitrogens with zero attached hydrogens (tertiary/aromatic N) is 6. The first kappa shape index (κ1) is 21.6. The van der Waals surface area contributed by atoms with Crippen LogP contribution in [-0.4, -0.2) is 43.4 Å². The van der Waals surface area contributed by atoms with E-state index in [4.69, 9.17) is 4.99 Å². The summed E-state index contributed by atoms with van der Waals surface area (Å²) in [7, 11) is 0. The number of halogens is 1. The molecule has 1 aliphatic rings. The van der Waals surface area contributed by atoms with Crippen molar-refractivity contribution < 1.29 is 0 Å². The van der Waals surface area contributed by atoms with Crippen molar-refractivity contribution in [3.05, 3.63) is 29.9 Å². The number of unbranched alkanes of at least 4 members (excludes halogenated alkanes) is 1. The molecular formula is C18H31IN8. The molecule has 0 aliphatic carbocycles. The predicted molar refractivity (Wildman–Crippen MR) is 117 cm³/mol. The van der Waals surface area contributed by atoms with E-state index in [1.165, 1.54) is 0 Å². The summed E-state index contributed by atoms with van der Waals surface area (Å²) in [6.45, 7) is 9.68. The zero-order valence-electron chi connectivity index (χ0n) is 16.5. The third-order valence-corrected chi connectivity index (χ3v) is 4.64. The third kappa shape index (κ3) is 5.91. The number of guanidine groups is 1. The minimum Gasteiger partial charge on any atom is -0.357 e. The van der Waals surface area contributed by atoms with Gasteiger partial charge in [-0.05, 0) is 46.5 Å². The number of rotatable bonds is 7. The van der Waals surface area contributed by atoms with Crippen molar-refractivity contribution in [2.24, 2.45) is 4.99 Å². The second-order valence-electron chi connectivity index (χ2n) is 6.72. The van der Waals surface area contributed by atoms with Gasteiger partial charge in [0.15, 0.2) is 5.96 Å². The Hall–Kier alpha value is -1.65. The molecule has 1 unspecified atom stereocenters. The van der Waals surface area contributed by atoms with Crippen LogP contribution >= 0.6 is 24.0 Å². The number of hydrogen-bond acceptors (Lipinski definition) is 4. The van der Waals surface area contributed by atoms with E-state index in [0.717, 1.165) is 75.3 Å². The van der Waals surface area contributed by atoms with Gasteiger partial charge in [-0.1, -0.05) is 0 Å². The predicted octanol–water partition coefficient (Wildman–Crippen LogP) is 2.58. The van der Waals surface area contributed by atoms with Gasteiger partial charge in [0.25, 0.3) is 0 Å². The Kier molecular flexibility index (Phi) is 8.52. The van der Waals surface area contributed by atoms with Gasteiger partial charge in [-0.3, -0.25) is 4.99 Å². The Morgan fingerprint density at radius 1 is 1.33 bits per heavy atom.